The van der Waals surface area contributed by atoms with Gasteiger partial charge in [-0.1, -0.05) is 35.5 Å². The Morgan fingerprint density at radius 3 is 2.07 bits per heavy atom. The number of hydrogen-bond donors (Lipinski definition) is 5. The van der Waals surface area contributed by atoms with Gasteiger partial charge in [0.1, 0.15) is 43.0 Å². The number of nitrogens with zero attached hydrogens (tertiary/aromatic N) is 3. The SMILES string of the molecule is C/C=N/OCCOCCOCCOCCOCCOCCNC(=O)c1cc(COC(=O)N(C)CCN2C(=O)c3ccc(OC)c4cc5ccccc5c(c34)C2=O)ccc1O[C@@H]1O[C@H](C(=O)O)[C@@H](O)[C@H](O)[C@H]1O. The van der Waals surface area contributed by atoms with Crippen LogP contribution in [-0.4, -0.2) is 203 Å². The Balaban J connectivity index is 0.989. The number of carbonyl (C=O) groups excluding carboxylic acids is 4. The maximum atomic E-state index is 14.1. The smallest absolute Gasteiger partial charge is 0.409 e. The molecule has 4 aromatic carbocycles. The molecule has 5 atom stereocenters. The molecule has 0 saturated carbocycles. The van der Waals surface area contributed by atoms with Gasteiger partial charge >= 0.3 is 12.1 Å². The molecular formula is C49H60N4O19. The molecule has 23 nitrogen and oxygen atoms in total. The molecule has 2 aliphatic rings. The van der Waals surface area contributed by atoms with E-state index in [0.717, 1.165) is 10.3 Å². The molecule has 0 radical (unpaired) electrons. The van der Waals surface area contributed by atoms with Crippen molar-refractivity contribution in [3.05, 3.63) is 82.9 Å². The number of likely N-dealkylation sites (N-methyl/N-ethyl adjacent to an activating group) is 1. The predicted molar refractivity (Wildman–Crippen MR) is 254 cm³/mol. The van der Waals surface area contributed by atoms with Crippen LogP contribution in [0.15, 0.2) is 65.8 Å². The minimum absolute atomic E-state index is 0.0132. The fourth-order valence-electron chi connectivity index (χ4n) is 7.66. The Morgan fingerprint density at radius 2 is 1.42 bits per heavy atom. The predicted octanol–water partition coefficient (Wildman–Crippen LogP) is 1.97. The number of nitrogens with one attached hydrogen (secondary N) is 1. The lowest BCUT2D eigenvalue weighted by Crippen LogP contribution is -2.61. The number of carbonyl (C=O) groups is 5. The minimum atomic E-state index is -1.98. The fraction of sp³-hybridized carbons (Fsp3) is 0.469. The van der Waals surface area contributed by atoms with Gasteiger partial charge in [-0.05, 0) is 53.6 Å². The van der Waals surface area contributed by atoms with Crippen LogP contribution >= 0.6 is 0 Å². The van der Waals surface area contributed by atoms with Gasteiger partial charge in [-0.2, -0.15) is 0 Å². The summed E-state index contributed by atoms with van der Waals surface area (Å²) < 4.78 is 49.4. The van der Waals surface area contributed by atoms with Crippen molar-refractivity contribution in [3.63, 3.8) is 0 Å². The van der Waals surface area contributed by atoms with Gasteiger partial charge < -0.3 is 78.1 Å². The van der Waals surface area contributed by atoms with Gasteiger partial charge in [0.25, 0.3) is 17.7 Å². The van der Waals surface area contributed by atoms with Gasteiger partial charge in [-0.25, -0.2) is 9.59 Å². The van der Waals surface area contributed by atoms with Crippen molar-refractivity contribution >= 4 is 57.5 Å². The molecule has 6 rings (SSSR count). The molecule has 0 bridgehead atoms. The van der Waals surface area contributed by atoms with Crippen molar-refractivity contribution in [2.75, 3.05) is 106 Å². The van der Waals surface area contributed by atoms with Gasteiger partial charge in [0.2, 0.25) is 6.29 Å². The van der Waals surface area contributed by atoms with E-state index in [4.69, 9.17) is 47.5 Å². The third-order valence-electron chi connectivity index (χ3n) is 11.3. The second-order valence-corrected chi connectivity index (χ2v) is 16.1. The van der Waals surface area contributed by atoms with Crippen molar-refractivity contribution in [1.82, 2.24) is 15.1 Å². The average Bonchev–Trinajstić information content (AvgIpc) is 3.38. The molecule has 0 aromatic heterocycles. The Morgan fingerprint density at radius 1 is 0.778 bits per heavy atom. The summed E-state index contributed by atoms with van der Waals surface area (Å²) in [5.41, 5.74) is 0.802. The zero-order valence-corrected chi connectivity index (χ0v) is 40.1. The van der Waals surface area contributed by atoms with Crippen LogP contribution in [0.3, 0.4) is 0 Å². The fourth-order valence-corrected chi connectivity index (χ4v) is 7.66. The molecule has 72 heavy (non-hydrogen) atoms. The van der Waals surface area contributed by atoms with Gasteiger partial charge in [-0.3, -0.25) is 19.3 Å². The zero-order chi connectivity index (χ0) is 51.6. The first kappa shape index (κ1) is 54.8. The number of methoxy groups -OCH3 is 1. The number of aliphatic hydroxyl groups excluding tert-OH is 3. The lowest BCUT2D eigenvalue weighted by Gasteiger charge is -2.38. The first-order valence-electron chi connectivity index (χ1n) is 23.1. The molecule has 4 amide bonds. The Kier molecular flexibility index (Phi) is 20.8. The Bertz CT molecular complexity index is 2530. The van der Waals surface area contributed by atoms with Crippen molar-refractivity contribution in [3.8, 4) is 11.5 Å². The van der Waals surface area contributed by atoms with Crippen LogP contribution in [0.25, 0.3) is 21.5 Å². The summed E-state index contributed by atoms with van der Waals surface area (Å²) >= 11 is 0. The number of hydrogen-bond acceptors (Lipinski definition) is 19. The van der Waals surface area contributed by atoms with Crippen LogP contribution in [0.4, 0.5) is 4.79 Å². The van der Waals surface area contributed by atoms with Crippen molar-refractivity contribution < 1.29 is 91.9 Å². The van der Waals surface area contributed by atoms with Crippen LogP contribution in [0.5, 0.6) is 11.5 Å². The molecule has 2 heterocycles. The molecular weight excluding hydrogens is 949 g/mol. The summed E-state index contributed by atoms with van der Waals surface area (Å²) in [6.07, 6.45) is -8.95. The van der Waals surface area contributed by atoms with E-state index < -0.39 is 60.5 Å². The number of imide groups is 1. The van der Waals surface area contributed by atoms with E-state index in [-0.39, 0.29) is 57.4 Å². The van der Waals surface area contributed by atoms with Crippen LogP contribution in [0, 0.1) is 0 Å². The third-order valence-corrected chi connectivity index (χ3v) is 11.3. The summed E-state index contributed by atoms with van der Waals surface area (Å²) in [6.45, 7) is 4.72. The average molecular weight is 1010 g/mol. The number of carboxylic acids is 1. The maximum Gasteiger partial charge on any atom is 0.409 e. The summed E-state index contributed by atoms with van der Waals surface area (Å²) in [6, 6.07) is 16.6. The van der Waals surface area contributed by atoms with Crippen LogP contribution in [-0.2, 0) is 49.4 Å². The molecule has 5 N–H and O–H groups in total. The van der Waals surface area contributed by atoms with E-state index in [0.29, 0.717) is 91.5 Å². The molecule has 0 unspecified atom stereocenters. The normalized spacial score (nSPS) is 18.7. The lowest BCUT2D eigenvalue weighted by atomic mass is 9.89. The van der Waals surface area contributed by atoms with Gasteiger partial charge in [0, 0.05) is 49.2 Å². The Hall–Kier alpha value is -6.54. The summed E-state index contributed by atoms with van der Waals surface area (Å²) in [7, 11) is 2.95. The highest BCUT2D eigenvalue weighted by atomic mass is 16.7. The molecule has 2 aliphatic heterocycles. The van der Waals surface area contributed by atoms with Crippen molar-refractivity contribution in [2.24, 2.45) is 5.16 Å². The van der Waals surface area contributed by atoms with Crippen molar-refractivity contribution in [2.45, 2.75) is 44.2 Å². The molecule has 23 heteroatoms. The number of aliphatic carboxylic acids is 1. The summed E-state index contributed by atoms with van der Waals surface area (Å²) in [4.78, 5) is 73.7. The monoisotopic (exact) mass is 1010 g/mol. The third kappa shape index (κ3) is 14.1. The van der Waals surface area contributed by atoms with E-state index in [1.807, 2.05) is 24.3 Å². The first-order chi connectivity index (χ1) is 34.9. The van der Waals surface area contributed by atoms with Crippen molar-refractivity contribution in [1.29, 1.82) is 0 Å². The van der Waals surface area contributed by atoms with E-state index in [1.165, 1.54) is 37.3 Å². The lowest BCUT2D eigenvalue weighted by molar-refractivity contribution is -0.271. The summed E-state index contributed by atoms with van der Waals surface area (Å²) in [5.74, 6) is -3.10. The number of fused-ring (bicyclic) bond motifs is 2. The van der Waals surface area contributed by atoms with Gasteiger partial charge in [0.15, 0.2) is 6.10 Å². The van der Waals surface area contributed by atoms with E-state index in [1.54, 1.807) is 31.3 Å². The van der Waals surface area contributed by atoms with Gasteiger partial charge in [-0.15, -0.1) is 0 Å². The minimum Gasteiger partial charge on any atom is -0.496 e. The molecule has 1 fully saturated rings. The number of amides is 4. The number of ether oxygens (including phenoxy) is 9. The molecule has 0 aliphatic carbocycles. The Labute approximate surface area is 413 Å². The summed E-state index contributed by atoms with van der Waals surface area (Å²) in [5, 5.41) is 49.5. The molecule has 390 valence electrons. The topological polar surface area (TPSA) is 289 Å². The second kappa shape index (κ2) is 27.3. The quantitative estimate of drug-likeness (QED) is 0.0171. The second-order valence-electron chi connectivity index (χ2n) is 16.1. The maximum absolute atomic E-state index is 14.1. The highest BCUT2D eigenvalue weighted by molar-refractivity contribution is 6.31. The standard InChI is InChI=1S/C49H60N4O19/c1-4-51-70-26-25-68-24-23-67-22-21-66-20-19-65-18-17-64-16-13-50-44(57)35-27-30(9-11-37(35)71-48-42(56)40(54)41(55)43(72-48)47(60)61)29-69-49(62)52(2)14-15-53-45(58)33-10-12-36(63-3)34-28-31-7-5-6-8-32(31)39(38(33)34)46(53)59/h4-12,27-28,40-43,48,54-56H,13-26,29H2,1-3H3,(H,50,57)(H,60,61)/b51-4+/t40-,41-,42+,43-,48+/m0/s1. The number of benzene rings is 4. The van der Waals surface area contributed by atoms with Crippen LogP contribution < -0.4 is 14.8 Å². The molecule has 4 aromatic rings. The first-order valence-corrected chi connectivity index (χ1v) is 23.1. The number of carboxylic acid groups (broad SMARTS) is 1. The number of rotatable bonds is 29. The highest BCUT2D eigenvalue weighted by Gasteiger charge is 2.48. The molecule has 1 saturated heterocycles. The van der Waals surface area contributed by atoms with Crippen LogP contribution in [0.1, 0.15) is 43.6 Å². The number of aliphatic hydroxyl groups is 3. The number of oxime groups is 1. The molecule has 0 spiro atoms. The van der Waals surface area contributed by atoms with E-state index >= 15 is 0 Å². The van der Waals surface area contributed by atoms with Crippen LogP contribution in [0.2, 0.25) is 0 Å². The zero-order valence-electron chi connectivity index (χ0n) is 40.1. The highest BCUT2D eigenvalue weighted by Crippen LogP contribution is 2.40. The van der Waals surface area contributed by atoms with Gasteiger partial charge in [0.05, 0.1) is 84.3 Å². The largest absolute Gasteiger partial charge is 0.496 e. The van der Waals surface area contributed by atoms with E-state index in [2.05, 4.69) is 10.5 Å². The van der Waals surface area contributed by atoms with E-state index in [9.17, 15) is 44.4 Å².